The monoisotopic (exact) mass is 344 g/mol. The Labute approximate surface area is 141 Å². The largest absolute Gasteiger partial charge is 0.368 e. The van der Waals surface area contributed by atoms with Crippen LogP contribution < -0.4 is 11.1 Å². The fourth-order valence-corrected chi connectivity index (χ4v) is 3.74. The lowest BCUT2D eigenvalue weighted by Crippen LogP contribution is -2.37. The van der Waals surface area contributed by atoms with E-state index in [0.717, 1.165) is 10.1 Å². The zero-order valence-corrected chi connectivity index (χ0v) is 13.5. The SMILES string of the molecule is NC(=O)C(NC(=O)c1sc2ccccc2c1Cl)c1ccccc1. The number of hydrogen-bond donors (Lipinski definition) is 2. The van der Waals surface area contributed by atoms with Gasteiger partial charge in [-0.2, -0.15) is 0 Å². The number of primary amides is 1. The van der Waals surface area contributed by atoms with E-state index in [1.54, 1.807) is 24.3 Å². The van der Waals surface area contributed by atoms with Crippen LogP contribution in [0.5, 0.6) is 0 Å². The van der Waals surface area contributed by atoms with E-state index < -0.39 is 17.9 Å². The highest BCUT2D eigenvalue weighted by molar-refractivity contribution is 7.21. The number of rotatable bonds is 4. The highest BCUT2D eigenvalue weighted by Crippen LogP contribution is 2.35. The molecule has 116 valence electrons. The van der Waals surface area contributed by atoms with Gasteiger partial charge in [-0.15, -0.1) is 11.3 Å². The van der Waals surface area contributed by atoms with Crippen LogP contribution in [0.25, 0.3) is 10.1 Å². The molecule has 2 amide bonds. The van der Waals surface area contributed by atoms with Gasteiger partial charge in [-0.1, -0.05) is 60.1 Å². The molecule has 0 bridgehead atoms. The molecule has 1 heterocycles. The van der Waals surface area contributed by atoms with Crippen molar-refractivity contribution in [3.63, 3.8) is 0 Å². The zero-order chi connectivity index (χ0) is 16.4. The Morgan fingerprint density at radius 3 is 2.35 bits per heavy atom. The number of hydrogen-bond acceptors (Lipinski definition) is 3. The van der Waals surface area contributed by atoms with Gasteiger partial charge in [0.1, 0.15) is 10.9 Å². The normalized spacial score (nSPS) is 12.0. The predicted molar refractivity (Wildman–Crippen MR) is 92.7 cm³/mol. The van der Waals surface area contributed by atoms with Gasteiger partial charge in [0.15, 0.2) is 0 Å². The summed E-state index contributed by atoms with van der Waals surface area (Å²) in [6, 6.07) is 15.5. The van der Waals surface area contributed by atoms with E-state index in [1.165, 1.54) is 11.3 Å². The fraction of sp³-hybridized carbons (Fsp3) is 0.0588. The van der Waals surface area contributed by atoms with Crippen molar-refractivity contribution >= 4 is 44.8 Å². The topological polar surface area (TPSA) is 72.2 Å². The molecular weight excluding hydrogens is 332 g/mol. The molecule has 0 aliphatic rings. The zero-order valence-electron chi connectivity index (χ0n) is 12.0. The molecule has 0 fully saturated rings. The minimum absolute atomic E-state index is 0.370. The van der Waals surface area contributed by atoms with E-state index in [2.05, 4.69) is 5.32 Å². The van der Waals surface area contributed by atoms with Crippen LogP contribution in [0.15, 0.2) is 54.6 Å². The van der Waals surface area contributed by atoms with Crippen LogP contribution >= 0.6 is 22.9 Å². The summed E-state index contributed by atoms with van der Waals surface area (Å²) in [5.41, 5.74) is 6.06. The molecular formula is C17H13ClN2O2S. The average molecular weight is 345 g/mol. The molecule has 0 aliphatic heterocycles. The molecule has 6 heteroatoms. The first-order chi connectivity index (χ1) is 11.1. The van der Waals surface area contributed by atoms with Crippen LogP contribution in [0.2, 0.25) is 5.02 Å². The number of nitrogens with one attached hydrogen (secondary N) is 1. The summed E-state index contributed by atoms with van der Waals surface area (Å²) in [4.78, 5) is 24.6. The predicted octanol–water partition coefficient (Wildman–Crippen LogP) is 3.51. The molecule has 0 saturated carbocycles. The van der Waals surface area contributed by atoms with Gasteiger partial charge in [0.25, 0.3) is 5.91 Å². The van der Waals surface area contributed by atoms with Crippen molar-refractivity contribution in [2.45, 2.75) is 6.04 Å². The van der Waals surface area contributed by atoms with Gasteiger partial charge in [-0.3, -0.25) is 9.59 Å². The van der Waals surface area contributed by atoms with Crippen LogP contribution in [-0.2, 0) is 4.79 Å². The maximum absolute atomic E-state index is 12.5. The first-order valence-corrected chi connectivity index (χ1v) is 8.09. The number of benzene rings is 2. The molecule has 0 radical (unpaired) electrons. The summed E-state index contributed by atoms with van der Waals surface area (Å²) in [5.74, 6) is -1.04. The van der Waals surface area contributed by atoms with Crippen molar-refractivity contribution in [1.82, 2.24) is 5.32 Å². The molecule has 1 atom stereocenters. The Hall–Kier alpha value is -2.37. The molecule has 23 heavy (non-hydrogen) atoms. The van der Waals surface area contributed by atoms with Crippen molar-refractivity contribution < 1.29 is 9.59 Å². The van der Waals surface area contributed by atoms with Gasteiger partial charge >= 0.3 is 0 Å². The van der Waals surface area contributed by atoms with Crippen molar-refractivity contribution in [1.29, 1.82) is 0 Å². The molecule has 3 aromatic rings. The van der Waals surface area contributed by atoms with E-state index in [1.807, 2.05) is 30.3 Å². The maximum atomic E-state index is 12.5. The second-order valence-corrected chi connectivity index (χ2v) is 6.39. The molecule has 1 aromatic heterocycles. The van der Waals surface area contributed by atoms with Gasteiger partial charge in [0.2, 0.25) is 5.91 Å². The average Bonchev–Trinajstić information content (AvgIpc) is 2.90. The lowest BCUT2D eigenvalue weighted by molar-refractivity contribution is -0.120. The Morgan fingerprint density at radius 2 is 1.70 bits per heavy atom. The molecule has 0 saturated heterocycles. The third-order valence-electron chi connectivity index (χ3n) is 3.43. The van der Waals surface area contributed by atoms with E-state index in [4.69, 9.17) is 17.3 Å². The lowest BCUT2D eigenvalue weighted by Gasteiger charge is -2.15. The van der Waals surface area contributed by atoms with E-state index in [0.29, 0.717) is 15.5 Å². The maximum Gasteiger partial charge on any atom is 0.263 e. The summed E-state index contributed by atoms with van der Waals surface area (Å²) >= 11 is 7.58. The number of fused-ring (bicyclic) bond motifs is 1. The molecule has 1 unspecified atom stereocenters. The van der Waals surface area contributed by atoms with Gasteiger partial charge in [0.05, 0.1) is 5.02 Å². The highest BCUT2D eigenvalue weighted by Gasteiger charge is 2.24. The Bertz CT molecular complexity index is 877. The van der Waals surface area contributed by atoms with Crippen molar-refractivity contribution in [2.24, 2.45) is 5.73 Å². The van der Waals surface area contributed by atoms with Crippen LogP contribution in [0.3, 0.4) is 0 Å². The quantitative estimate of drug-likeness (QED) is 0.760. The second kappa shape index (κ2) is 6.40. The summed E-state index contributed by atoms with van der Waals surface area (Å²) in [6.45, 7) is 0. The smallest absolute Gasteiger partial charge is 0.263 e. The summed E-state index contributed by atoms with van der Waals surface area (Å²) < 4.78 is 0.915. The molecule has 4 nitrogen and oxygen atoms in total. The standard InChI is InChI=1S/C17H13ClN2O2S/c18-13-11-8-4-5-9-12(11)23-15(13)17(22)20-14(16(19)21)10-6-2-1-3-7-10/h1-9,14H,(H2,19,21)(H,20,22). The third kappa shape index (κ3) is 3.06. The van der Waals surface area contributed by atoms with Crippen LogP contribution in [0.1, 0.15) is 21.3 Å². The molecule has 3 N–H and O–H groups in total. The first-order valence-electron chi connectivity index (χ1n) is 6.90. The number of carbonyl (C=O) groups is 2. The van der Waals surface area contributed by atoms with Crippen LogP contribution in [0.4, 0.5) is 0 Å². The molecule has 2 aromatic carbocycles. The van der Waals surface area contributed by atoms with Crippen LogP contribution in [-0.4, -0.2) is 11.8 Å². The van der Waals surface area contributed by atoms with E-state index in [9.17, 15) is 9.59 Å². The minimum atomic E-state index is -0.898. The van der Waals surface area contributed by atoms with Crippen LogP contribution in [0, 0.1) is 0 Å². The van der Waals surface area contributed by atoms with Gasteiger partial charge < -0.3 is 11.1 Å². The number of thiophene rings is 1. The molecule has 0 aliphatic carbocycles. The Balaban J connectivity index is 1.92. The summed E-state index contributed by atoms with van der Waals surface area (Å²) in [5, 5.41) is 3.87. The Morgan fingerprint density at radius 1 is 1.04 bits per heavy atom. The Kier molecular flexibility index (Phi) is 4.32. The van der Waals surface area contributed by atoms with Crippen molar-refractivity contribution in [3.05, 3.63) is 70.1 Å². The van der Waals surface area contributed by atoms with Gasteiger partial charge in [-0.25, -0.2) is 0 Å². The second-order valence-electron chi connectivity index (χ2n) is 4.96. The van der Waals surface area contributed by atoms with Gasteiger partial charge in [0, 0.05) is 10.1 Å². The number of carbonyl (C=O) groups excluding carboxylic acids is 2. The summed E-state index contributed by atoms with van der Waals surface area (Å²) in [6.07, 6.45) is 0. The first kappa shape index (κ1) is 15.5. The number of nitrogens with two attached hydrogens (primary N) is 1. The third-order valence-corrected chi connectivity index (χ3v) is 5.11. The fourth-order valence-electron chi connectivity index (χ4n) is 2.32. The van der Waals surface area contributed by atoms with Gasteiger partial charge in [-0.05, 0) is 11.6 Å². The van der Waals surface area contributed by atoms with Crippen molar-refractivity contribution in [2.75, 3.05) is 0 Å². The number of amides is 2. The van der Waals surface area contributed by atoms with Crippen molar-refractivity contribution in [3.8, 4) is 0 Å². The highest BCUT2D eigenvalue weighted by atomic mass is 35.5. The lowest BCUT2D eigenvalue weighted by atomic mass is 10.1. The molecule has 0 spiro atoms. The van der Waals surface area contributed by atoms with E-state index in [-0.39, 0.29) is 0 Å². The molecule has 3 rings (SSSR count). The van der Waals surface area contributed by atoms with E-state index >= 15 is 0 Å². The minimum Gasteiger partial charge on any atom is -0.368 e. The summed E-state index contributed by atoms with van der Waals surface area (Å²) in [7, 11) is 0. The number of halogens is 1.